The lowest BCUT2D eigenvalue weighted by molar-refractivity contribution is -0.174. The predicted molar refractivity (Wildman–Crippen MR) is 129 cm³/mol. The maximum atomic E-state index is 14.7. The maximum absolute atomic E-state index is 14.7. The number of methoxy groups -OCH3 is 2. The maximum Gasteiger partial charge on any atom is 0.317 e. The van der Waals surface area contributed by atoms with Gasteiger partial charge in [-0.2, -0.15) is 0 Å². The van der Waals surface area contributed by atoms with Crippen LogP contribution in [0.3, 0.4) is 0 Å². The molecule has 0 aliphatic heterocycles. The van der Waals surface area contributed by atoms with Crippen molar-refractivity contribution in [1.29, 1.82) is 0 Å². The van der Waals surface area contributed by atoms with Gasteiger partial charge < -0.3 is 28.8 Å². The smallest absolute Gasteiger partial charge is 0.317 e. The second-order valence-corrected chi connectivity index (χ2v) is 8.91. The first-order valence-corrected chi connectivity index (χ1v) is 11.8. The topological polar surface area (TPSA) is 118 Å². The predicted octanol–water partition coefficient (Wildman–Crippen LogP) is 3.04. The molecule has 0 bridgehead atoms. The standard InChI is InChI=1S/C27H31FO9/c1-27(32)16-20(29)23(25(30)35-13-11-33-2)22(24(27)26(31)36-14-12-34-3)17-9-10-19(28)21(15-17)37-18-7-5-4-6-8-18/h4-10,15,22-24,32H,11-14,16H2,1-3H3/t22-,23-,24+,27+/m1/s1. The van der Waals surface area contributed by atoms with Crippen LogP contribution in [0, 0.1) is 17.7 Å². The number of hydrogen-bond donors (Lipinski definition) is 1. The Kier molecular flexibility index (Phi) is 9.73. The Morgan fingerprint density at radius 1 is 0.973 bits per heavy atom. The molecule has 9 nitrogen and oxygen atoms in total. The highest BCUT2D eigenvalue weighted by atomic mass is 19.1. The first kappa shape index (κ1) is 28.2. The fourth-order valence-corrected chi connectivity index (χ4v) is 4.47. The van der Waals surface area contributed by atoms with Gasteiger partial charge in [0.25, 0.3) is 0 Å². The Morgan fingerprint density at radius 2 is 1.59 bits per heavy atom. The molecule has 0 spiro atoms. The van der Waals surface area contributed by atoms with E-state index in [1.54, 1.807) is 30.3 Å². The number of carbonyl (C=O) groups excluding carboxylic acids is 3. The molecule has 0 radical (unpaired) electrons. The van der Waals surface area contributed by atoms with E-state index < -0.39 is 53.3 Å². The molecular weight excluding hydrogens is 487 g/mol. The van der Waals surface area contributed by atoms with Gasteiger partial charge in [0.2, 0.25) is 0 Å². The van der Waals surface area contributed by atoms with Crippen molar-refractivity contribution in [2.75, 3.05) is 40.6 Å². The number of rotatable bonds is 11. The summed E-state index contributed by atoms with van der Waals surface area (Å²) in [5.74, 6) is -6.87. The van der Waals surface area contributed by atoms with Gasteiger partial charge in [0.1, 0.15) is 24.9 Å². The Hall–Kier alpha value is -3.34. The normalized spacial score (nSPS) is 23.4. The van der Waals surface area contributed by atoms with E-state index >= 15 is 0 Å². The molecule has 0 unspecified atom stereocenters. The van der Waals surface area contributed by atoms with Gasteiger partial charge in [-0.3, -0.25) is 14.4 Å². The minimum absolute atomic E-state index is 0.0999. The highest BCUT2D eigenvalue weighted by Gasteiger charge is 2.57. The highest BCUT2D eigenvalue weighted by molar-refractivity contribution is 6.02. The van der Waals surface area contributed by atoms with Gasteiger partial charge in [0, 0.05) is 26.6 Å². The van der Waals surface area contributed by atoms with E-state index in [9.17, 15) is 23.9 Å². The molecule has 1 aliphatic rings. The van der Waals surface area contributed by atoms with Crippen LogP contribution < -0.4 is 4.74 Å². The molecule has 0 aromatic heterocycles. The molecule has 1 saturated carbocycles. The number of ketones is 1. The van der Waals surface area contributed by atoms with Crippen LogP contribution in [0.5, 0.6) is 11.5 Å². The first-order chi connectivity index (χ1) is 17.7. The monoisotopic (exact) mass is 518 g/mol. The van der Waals surface area contributed by atoms with E-state index in [1.165, 1.54) is 33.3 Å². The third-order valence-electron chi connectivity index (χ3n) is 6.15. The number of hydrogen-bond acceptors (Lipinski definition) is 9. The summed E-state index contributed by atoms with van der Waals surface area (Å²) >= 11 is 0. The van der Waals surface area contributed by atoms with E-state index in [4.69, 9.17) is 23.7 Å². The summed E-state index contributed by atoms with van der Waals surface area (Å²) in [5.41, 5.74) is -1.63. The Balaban J connectivity index is 2.07. The minimum atomic E-state index is -1.86. The van der Waals surface area contributed by atoms with Crippen LogP contribution in [-0.4, -0.2) is 69.1 Å². The molecule has 2 aromatic carbocycles. The fourth-order valence-electron chi connectivity index (χ4n) is 4.47. The SMILES string of the molecule is COCCOC(=O)[C@@H]1C(=O)C[C@](C)(O)[C@H](C(=O)OCCOC)[C@@H]1c1ccc(F)c(Oc2ccccc2)c1. The van der Waals surface area contributed by atoms with E-state index in [0.29, 0.717) is 5.75 Å². The quantitative estimate of drug-likeness (QED) is 0.272. The largest absolute Gasteiger partial charge is 0.463 e. The molecule has 4 atom stereocenters. The number of para-hydroxylation sites is 1. The van der Waals surface area contributed by atoms with Crippen molar-refractivity contribution in [2.24, 2.45) is 11.8 Å². The van der Waals surface area contributed by atoms with Crippen molar-refractivity contribution < 1.29 is 47.6 Å². The van der Waals surface area contributed by atoms with E-state index in [-0.39, 0.29) is 37.7 Å². The van der Waals surface area contributed by atoms with Gasteiger partial charge in [0.05, 0.1) is 24.7 Å². The lowest BCUT2D eigenvalue weighted by atomic mass is 9.61. The summed E-state index contributed by atoms with van der Waals surface area (Å²) in [4.78, 5) is 39.5. The summed E-state index contributed by atoms with van der Waals surface area (Å²) in [6.45, 7) is 1.33. The number of esters is 2. The average Bonchev–Trinajstić information content (AvgIpc) is 2.85. The molecule has 1 fully saturated rings. The lowest BCUT2D eigenvalue weighted by Gasteiger charge is -2.43. The fraction of sp³-hybridized carbons (Fsp3) is 0.444. The second-order valence-electron chi connectivity index (χ2n) is 8.91. The van der Waals surface area contributed by atoms with Crippen LogP contribution in [0.4, 0.5) is 4.39 Å². The molecule has 0 amide bonds. The van der Waals surface area contributed by atoms with Gasteiger partial charge in [-0.1, -0.05) is 24.3 Å². The van der Waals surface area contributed by atoms with Crippen molar-refractivity contribution in [3.05, 3.63) is 59.9 Å². The van der Waals surface area contributed by atoms with Crippen molar-refractivity contribution in [1.82, 2.24) is 0 Å². The van der Waals surface area contributed by atoms with Gasteiger partial charge >= 0.3 is 11.9 Å². The average molecular weight is 519 g/mol. The summed E-state index contributed by atoms with van der Waals surface area (Å²) < 4.78 is 40.8. The van der Waals surface area contributed by atoms with Crippen LogP contribution in [0.1, 0.15) is 24.8 Å². The third-order valence-corrected chi connectivity index (χ3v) is 6.15. The number of aliphatic hydroxyl groups is 1. The number of ether oxygens (including phenoxy) is 5. The molecule has 2 aromatic rings. The van der Waals surface area contributed by atoms with Crippen LogP contribution in [-0.2, 0) is 33.3 Å². The number of carbonyl (C=O) groups is 3. The molecular formula is C27H31FO9. The van der Waals surface area contributed by atoms with Crippen molar-refractivity contribution in [3.8, 4) is 11.5 Å². The molecule has 0 saturated heterocycles. The molecule has 3 rings (SSSR count). The molecule has 10 heteroatoms. The third kappa shape index (κ3) is 6.91. The Bertz CT molecular complexity index is 1090. The van der Waals surface area contributed by atoms with Crippen molar-refractivity contribution in [3.63, 3.8) is 0 Å². The zero-order chi connectivity index (χ0) is 27.0. The van der Waals surface area contributed by atoms with Crippen LogP contribution in [0.25, 0.3) is 0 Å². The van der Waals surface area contributed by atoms with Crippen LogP contribution >= 0.6 is 0 Å². The number of Topliss-reactive ketones (excluding diaryl/α,β-unsaturated/α-hetero) is 1. The number of benzene rings is 2. The van der Waals surface area contributed by atoms with Crippen LogP contribution in [0.2, 0.25) is 0 Å². The van der Waals surface area contributed by atoms with Crippen LogP contribution in [0.15, 0.2) is 48.5 Å². The van der Waals surface area contributed by atoms with E-state index in [2.05, 4.69) is 0 Å². The van der Waals surface area contributed by atoms with Gasteiger partial charge in [-0.15, -0.1) is 0 Å². The second kappa shape index (κ2) is 12.8. The number of halogens is 1. The minimum Gasteiger partial charge on any atom is -0.463 e. The summed E-state index contributed by atoms with van der Waals surface area (Å²) in [6.07, 6.45) is -0.480. The van der Waals surface area contributed by atoms with E-state index in [0.717, 1.165) is 6.07 Å². The Labute approximate surface area is 214 Å². The Morgan fingerprint density at radius 3 is 2.22 bits per heavy atom. The van der Waals surface area contributed by atoms with E-state index in [1.807, 2.05) is 0 Å². The molecule has 1 N–H and O–H groups in total. The van der Waals surface area contributed by atoms with Gasteiger partial charge in [-0.25, -0.2) is 4.39 Å². The summed E-state index contributed by atoms with van der Waals surface area (Å²) in [5, 5.41) is 11.2. The summed E-state index contributed by atoms with van der Waals surface area (Å²) in [6, 6.07) is 12.2. The van der Waals surface area contributed by atoms with Gasteiger partial charge in [0.15, 0.2) is 17.3 Å². The lowest BCUT2D eigenvalue weighted by Crippen LogP contribution is -2.55. The zero-order valence-corrected chi connectivity index (χ0v) is 21.0. The van der Waals surface area contributed by atoms with Crippen molar-refractivity contribution in [2.45, 2.75) is 24.9 Å². The zero-order valence-electron chi connectivity index (χ0n) is 21.0. The highest BCUT2D eigenvalue weighted by Crippen LogP contribution is 2.47. The molecule has 37 heavy (non-hydrogen) atoms. The first-order valence-electron chi connectivity index (χ1n) is 11.8. The van der Waals surface area contributed by atoms with Crippen molar-refractivity contribution >= 4 is 17.7 Å². The van der Waals surface area contributed by atoms with Gasteiger partial charge in [-0.05, 0) is 36.8 Å². The molecule has 200 valence electrons. The summed E-state index contributed by atoms with van der Waals surface area (Å²) in [7, 11) is 2.86. The molecule has 0 heterocycles. The molecule has 1 aliphatic carbocycles.